The van der Waals surface area contributed by atoms with E-state index in [4.69, 9.17) is 28.2 Å². The first-order valence-corrected chi connectivity index (χ1v) is 7.19. The van der Waals surface area contributed by atoms with E-state index >= 15 is 0 Å². The topological polar surface area (TPSA) is 24.4 Å². The summed E-state index contributed by atoms with van der Waals surface area (Å²) in [6, 6.07) is 5.39. The van der Waals surface area contributed by atoms with Crippen molar-refractivity contribution in [3.8, 4) is 0 Å². The average molecular weight is 311 g/mol. The van der Waals surface area contributed by atoms with Crippen LogP contribution in [-0.4, -0.2) is 5.84 Å². The predicted molar refractivity (Wildman–Crippen MR) is 89.7 cm³/mol. The highest BCUT2D eigenvalue weighted by atomic mass is 35.5. The summed E-state index contributed by atoms with van der Waals surface area (Å²) < 4.78 is 0. The summed E-state index contributed by atoms with van der Waals surface area (Å²) in [6.07, 6.45) is 2.00. The second-order valence-electron chi connectivity index (χ2n) is 4.70. The van der Waals surface area contributed by atoms with Crippen LogP contribution < -0.4 is 5.32 Å². The van der Waals surface area contributed by atoms with Crippen LogP contribution in [0.4, 0.5) is 0 Å². The van der Waals surface area contributed by atoms with Crippen LogP contribution in [0, 0.1) is 0 Å². The normalized spacial score (nSPS) is 14.1. The quantitative estimate of drug-likeness (QED) is 0.573. The fourth-order valence-electron chi connectivity index (χ4n) is 1.68. The van der Waals surface area contributed by atoms with Gasteiger partial charge < -0.3 is 5.32 Å². The number of benzene rings is 1. The van der Waals surface area contributed by atoms with E-state index in [1.807, 2.05) is 45.9 Å². The van der Waals surface area contributed by atoms with Gasteiger partial charge in [-0.2, -0.15) is 0 Å². The molecule has 1 unspecified atom stereocenters. The van der Waals surface area contributed by atoms with E-state index in [1.54, 1.807) is 6.07 Å². The fourth-order valence-corrected chi connectivity index (χ4v) is 2.24. The molecule has 0 radical (unpaired) electrons. The van der Waals surface area contributed by atoms with Crippen molar-refractivity contribution in [1.29, 1.82) is 0 Å². The van der Waals surface area contributed by atoms with Gasteiger partial charge in [0.15, 0.2) is 0 Å². The molecule has 1 rings (SSSR count). The molecule has 2 nitrogen and oxygen atoms in total. The maximum atomic E-state index is 6.22. The Morgan fingerprint density at radius 1 is 1.35 bits per heavy atom. The Morgan fingerprint density at radius 2 is 2.00 bits per heavy atom. The van der Waals surface area contributed by atoms with Crippen LogP contribution in [0.2, 0.25) is 10.0 Å². The first kappa shape index (κ1) is 16.8. The molecule has 0 saturated carbocycles. The van der Waals surface area contributed by atoms with Crippen LogP contribution in [0.25, 0.3) is 0 Å². The molecule has 0 aliphatic carbocycles. The van der Waals surface area contributed by atoms with E-state index in [0.717, 1.165) is 22.7 Å². The minimum atomic E-state index is -0.0727. The van der Waals surface area contributed by atoms with E-state index in [-0.39, 0.29) is 6.04 Å². The lowest BCUT2D eigenvalue weighted by Gasteiger charge is -2.15. The monoisotopic (exact) mass is 310 g/mol. The summed E-state index contributed by atoms with van der Waals surface area (Å²) >= 11 is 12.1. The van der Waals surface area contributed by atoms with E-state index < -0.39 is 0 Å². The number of hydrogen-bond acceptors (Lipinski definition) is 1. The Morgan fingerprint density at radius 3 is 2.50 bits per heavy atom. The Hall–Kier alpha value is -1.25. The second-order valence-corrected chi connectivity index (χ2v) is 5.54. The van der Waals surface area contributed by atoms with Gasteiger partial charge >= 0.3 is 0 Å². The fraction of sp³-hybridized carbons (Fsp3) is 0.312. The van der Waals surface area contributed by atoms with Crippen molar-refractivity contribution in [3.05, 3.63) is 57.7 Å². The van der Waals surface area contributed by atoms with Crippen molar-refractivity contribution in [2.24, 2.45) is 4.99 Å². The first-order chi connectivity index (χ1) is 9.35. The zero-order chi connectivity index (χ0) is 15.3. The number of nitrogens with zero attached hydrogens (tertiary/aromatic N) is 1. The molecule has 108 valence electrons. The molecule has 1 atom stereocenters. The standard InChI is InChI=1S/C16H20Cl2N2/c1-6-11(4)16(19-10(2)3)20-12(5)14-8-7-13(17)9-15(14)18/h6-9,12H,2H2,1,3-5H3,(H,19,20)/b11-6-. The van der Waals surface area contributed by atoms with Gasteiger partial charge in [-0.1, -0.05) is 41.9 Å². The van der Waals surface area contributed by atoms with Crippen molar-refractivity contribution in [2.75, 3.05) is 0 Å². The van der Waals surface area contributed by atoms with Crippen LogP contribution in [0.5, 0.6) is 0 Å². The smallest absolute Gasteiger partial charge is 0.128 e. The maximum Gasteiger partial charge on any atom is 0.128 e. The lowest BCUT2D eigenvalue weighted by Crippen LogP contribution is -2.23. The summed E-state index contributed by atoms with van der Waals surface area (Å²) in [5.74, 6) is 0.804. The van der Waals surface area contributed by atoms with Gasteiger partial charge in [-0.25, -0.2) is 0 Å². The summed E-state index contributed by atoms with van der Waals surface area (Å²) in [5, 5.41) is 4.43. The molecule has 0 saturated heterocycles. The molecule has 4 heteroatoms. The van der Waals surface area contributed by atoms with Crippen molar-refractivity contribution in [1.82, 2.24) is 5.32 Å². The van der Waals surface area contributed by atoms with Crippen molar-refractivity contribution in [3.63, 3.8) is 0 Å². The predicted octanol–water partition coefficient (Wildman–Crippen LogP) is 5.54. The molecule has 0 bridgehead atoms. The molecule has 0 amide bonds. The summed E-state index contributed by atoms with van der Waals surface area (Å²) in [5.41, 5.74) is 2.85. The maximum absolute atomic E-state index is 6.22. The second kappa shape index (κ2) is 7.51. The van der Waals surface area contributed by atoms with E-state index in [1.165, 1.54) is 0 Å². The molecule has 1 aromatic rings. The number of amidine groups is 1. The SMILES string of the molecule is C=C(C)NC(=NC(C)c1ccc(Cl)cc1Cl)/C(C)=C\C. The highest BCUT2D eigenvalue weighted by Crippen LogP contribution is 2.28. The Balaban J connectivity index is 3.12. The molecule has 0 aliphatic rings. The molecule has 0 heterocycles. The van der Waals surface area contributed by atoms with Crippen LogP contribution in [0.1, 0.15) is 39.3 Å². The van der Waals surface area contributed by atoms with Gasteiger partial charge in [0.25, 0.3) is 0 Å². The number of nitrogens with one attached hydrogen (secondary N) is 1. The molecule has 1 aromatic carbocycles. The number of allylic oxidation sites excluding steroid dienone is 2. The highest BCUT2D eigenvalue weighted by Gasteiger charge is 2.11. The van der Waals surface area contributed by atoms with Gasteiger partial charge in [0.1, 0.15) is 5.84 Å². The highest BCUT2D eigenvalue weighted by molar-refractivity contribution is 6.35. The average Bonchev–Trinajstić information content (AvgIpc) is 2.36. The summed E-state index contributed by atoms with van der Waals surface area (Å²) in [4.78, 5) is 4.70. The van der Waals surface area contributed by atoms with Gasteiger partial charge in [0, 0.05) is 15.7 Å². The lowest BCUT2D eigenvalue weighted by molar-refractivity contribution is 0.811. The zero-order valence-corrected chi connectivity index (χ0v) is 13.8. The van der Waals surface area contributed by atoms with Gasteiger partial charge in [-0.15, -0.1) is 0 Å². The molecule has 0 aromatic heterocycles. The molecular weight excluding hydrogens is 291 g/mol. The van der Waals surface area contributed by atoms with Gasteiger partial charge in [-0.05, 0) is 51.0 Å². The molecular formula is C16H20Cl2N2. The first-order valence-electron chi connectivity index (χ1n) is 6.43. The van der Waals surface area contributed by atoms with Crippen LogP contribution >= 0.6 is 23.2 Å². The molecule has 0 aliphatic heterocycles. The Kier molecular flexibility index (Phi) is 6.31. The molecule has 1 N–H and O–H groups in total. The lowest BCUT2D eigenvalue weighted by atomic mass is 10.1. The Labute approximate surface area is 131 Å². The minimum Gasteiger partial charge on any atom is -0.345 e. The third-order valence-electron chi connectivity index (χ3n) is 2.87. The molecule has 20 heavy (non-hydrogen) atoms. The van der Waals surface area contributed by atoms with Crippen molar-refractivity contribution < 1.29 is 0 Å². The van der Waals surface area contributed by atoms with Crippen LogP contribution in [0.3, 0.4) is 0 Å². The zero-order valence-electron chi connectivity index (χ0n) is 12.3. The van der Waals surface area contributed by atoms with Crippen LogP contribution in [-0.2, 0) is 0 Å². The van der Waals surface area contributed by atoms with Crippen molar-refractivity contribution in [2.45, 2.75) is 33.7 Å². The molecule has 0 spiro atoms. The number of halogens is 2. The largest absolute Gasteiger partial charge is 0.345 e. The van der Waals surface area contributed by atoms with Crippen LogP contribution in [0.15, 0.2) is 47.1 Å². The van der Waals surface area contributed by atoms with Crippen molar-refractivity contribution >= 4 is 29.0 Å². The van der Waals surface area contributed by atoms with E-state index in [0.29, 0.717) is 10.0 Å². The van der Waals surface area contributed by atoms with E-state index in [9.17, 15) is 0 Å². The number of hydrogen-bond donors (Lipinski definition) is 1. The van der Waals surface area contributed by atoms with Gasteiger partial charge in [-0.3, -0.25) is 4.99 Å². The molecule has 0 fully saturated rings. The minimum absolute atomic E-state index is 0.0727. The van der Waals surface area contributed by atoms with Gasteiger partial charge in [0.05, 0.1) is 6.04 Å². The number of aliphatic imine (C=N–C) groups is 1. The number of rotatable bonds is 4. The third kappa shape index (κ3) is 4.69. The van der Waals surface area contributed by atoms with Gasteiger partial charge in [0.2, 0.25) is 0 Å². The summed E-state index contributed by atoms with van der Waals surface area (Å²) in [7, 11) is 0. The Bertz CT molecular complexity index is 560. The van der Waals surface area contributed by atoms with E-state index in [2.05, 4.69) is 11.9 Å². The third-order valence-corrected chi connectivity index (χ3v) is 3.44. The summed E-state index contributed by atoms with van der Waals surface area (Å²) in [6.45, 7) is 11.7.